The van der Waals surface area contributed by atoms with Gasteiger partial charge in [0.1, 0.15) is 5.75 Å². The maximum absolute atomic E-state index is 11.7. The smallest absolute Gasteiger partial charge is 0.155 e. The number of anilines is 1. The van der Waals surface area contributed by atoms with E-state index in [0.717, 1.165) is 38.0 Å². The minimum Gasteiger partial charge on any atom is -0.497 e. The van der Waals surface area contributed by atoms with Crippen molar-refractivity contribution < 1.29 is 9.53 Å². The fraction of sp³-hybridized carbons (Fsp3) is 0.421. The average Bonchev–Trinajstić information content (AvgIpc) is 2.97. The van der Waals surface area contributed by atoms with Crippen LogP contribution in [0.4, 0.5) is 5.69 Å². The summed E-state index contributed by atoms with van der Waals surface area (Å²) < 4.78 is 5.32. The van der Waals surface area contributed by atoms with Crippen molar-refractivity contribution in [1.82, 2.24) is 0 Å². The van der Waals surface area contributed by atoms with E-state index in [1.54, 1.807) is 7.11 Å². The zero-order valence-electron chi connectivity index (χ0n) is 13.0. The lowest BCUT2D eigenvalue weighted by Gasteiger charge is -2.32. The third kappa shape index (κ3) is 2.25. The first-order valence-electron chi connectivity index (χ1n) is 8.14. The van der Waals surface area contributed by atoms with E-state index in [2.05, 4.69) is 23.1 Å². The molecule has 114 valence electrons. The van der Waals surface area contributed by atoms with Gasteiger partial charge >= 0.3 is 0 Å². The highest BCUT2D eigenvalue weighted by Gasteiger charge is 2.29. The van der Waals surface area contributed by atoms with E-state index < -0.39 is 0 Å². The molecule has 1 aromatic rings. The van der Waals surface area contributed by atoms with Crippen LogP contribution in [0.3, 0.4) is 0 Å². The molecule has 1 aliphatic heterocycles. The van der Waals surface area contributed by atoms with E-state index in [4.69, 9.17) is 4.74 Å². The minimum absolute atomic E-state index is 0.287. The molecule has 3 aliphatic rings. The molecule has 4 rings (SSSR count). The van der Waals surface area contributed by atoms with Crippen molar-refractivity contribution in [1.29, 1.82) is 0 Å². The summed E-state index contributed by atoms with van der Waals surface area (Å²) in [5.41, 5.74) is 5.27. The number of ether oxygens (including phenoxy) is 1. The summed E-state index contributed by atoms with van der Waals surface area (Å²) in [5, 5.41) is 0. The van der Waals surface area contributed by atoms with Crippen LogP contribution in [-0.4, -0.2) is 19.4 Å². The van der Waals surface area contributed by atoms with E-state index in [1.165, 1.54) is 28.9 Å². The Morgan fingerprint density at radius 2 is 2.00 bits per heavy atom. The molecule has 0 saturated heterocycles. The van der Waals surface area contributed by atoms with Crippen LogP contribution in [0.1, 0.15) is 31.2 Å². The quantitative estimate of drug-likeness (QED) is 0.834. The van der Waals surface area contributed by atoms with Crippen LogP contribution >= 0.6 is 0 Å². The Balaban J connectivity index is 1.66. The van der Waals surface area contributed by atoms with E-state index in [9.17, 15) is 4.79 Å². The molecule has 1 atom stereocenters. The largest absolute Gasteiger partial charge is 0.497 e. The van der Waals surface area contributed by atoms with Gasteiger partial charge in [-0.05, 0) is 73.1 Å². The second kappa shape index (κ2) is 5.31. The summed E-state index contributed by atoms with van der Waals surface area (Å²) in [6.07, 6.45) is 9.24. The normalized spacial score (nSPS) is 23.6. The fourth-order valence-corrected chi connectivity index (χ4v) is 3.93. The number of methoxy groups -OCH3 is 1. The maximum Gasteiger partial charge on any atom is 0.155 e. The number of ketones is 1. The van der Waals surface area contributed by atoms with E-state index in [1.807, 2.05) is 12.1 Å². The van der Waals surface area contributed by atoms with Crippen molar-refractivity contribution >= 4 is 11.5 Å². The molecule has 0 radical (unpaired) electrons. The molecule has 1 unspecified atom stereocenters. The van der Waals surface area contributed by atoms with Gasteiger partial charge < -0.3 is 9.64 Å². The van der Waals surface area contributed by atoms with Crippen molar-refractivity contribution in [3.63, 3.8) is 0 Å². The van der Waals surface area contributed by atoms with Gasteiger partial charge in [0.2, 0.25) is 0 Å². The molecule has 0 N–H and O–H groups in total. The lowest BCUT2D eigenvalue weighted by molar-refractivity contribution is -0.115. The predicted octanol–water partition coefficient (Wildman–Crippen LogP) is 3.64. The Morgan fingerprint density at radius 3 is 2.86 bits per heavy atom. The second-order valence-electron chi connectivity index (χ2n) is 6.42. The first kappa shape index (κ1) is 13.6. The van der Waals surface area contributed by atoms with Gasteiger partial charge in [-0.3, -0.25) is 4.79 Å². The third-order valence-corrected chi connectivity index (χ3v) is 5.15. The number of allylic oxidation sites excluding steroid dienone is 4. The van der Waals surface area contributed by atoms with Crippen LogP contribution in [0, 0.1) is 5.92 Å². The monoisotopic (exact) mass is 295 g/mol. The number of carbonyl (C=O) groups is 1. The van der Waals surface area contributed by atoms with Crippen LogP contribution in [0.5, 0.6) is 5.75 Å². The summed E-state index contributed by atoms with van der Waals surface area (Å²) >= 11 is 0. The first-order valence-corrected chi connectivity index (χ1v) is 8.14. The lowest BCUT2D eigenvalue weighted by Crippen LogP contribution is -2.25. The molecule has 0 spiro atoms. The average molecular weight is 295 g/mol. The number of benzene rings is 1. The SMILES string of the molecule is COc1ccc2c(c1)CCN2C1=CC2=CC(=O)CCC2CC1. The highest BCUT2D eigenvalue weighted by atomic mass is 16.5. The van der Waals surface area contributed by atoms with Crippen molar-refractivity contribution in [2.45, 2.75) is 32.1 Å². The van der Waals surface area contributed by atoms with E-state index in [-0.39, 0.29) is 5.78 Å². The maximum atomic E-state index is 11.7. The number of hydrogen-bond acceptors (Lipinski definition) is 3. The Kier molecular flexibility index (Phi) is 3.29. The lowest BCUT2D eigenvalue weighted by atomic mass is 9.79. The Bertz CT molecular complexity index is 687. The molecule has 3 heteroatoms. The van der Waals surface area contributed by atoms with Crippen molar-refractivity contribution in [3.05, 3.63) is 47.2 Å². The van der Waals surface area contributed by atoms with Crippen LogP contribution in [0.15, 0.2) is 41.6 Å². The van der Waals surface area contributed by atoms with Crippen LogP contribution < -0.4 is 9.64 Å². The Morgan fingerprint density at radius 1 is 1.14 bits per heavy atom. The molecule has 0 amide bonds. The molecule has 22 heavy (non-hydrogen) atoms. The Labute approximate surface area is 131 Å². The number of rotatable bonds is 2. The summed E-state index contributed by atoms with van der Waals surface area (Å²) in [6, 6.07) is 6.34. The summed E-state index contributed by atoms with van der Waals surface area (Å²) in [7, 11) is 1.71. The highest BCUT2D eigenvalue weighted by Crippen LogP contribution is 2.40. The Hall–Kier alpha value is -2.03. The third-order valence-electron chi connectivity index (χ3n) is 5.15. The van der Waals surface area contributed by atoms with Gasteiger partial charge in [0, 0.05) is 24.4 Å². The van der Waals surface area contributed by atoms with Crippen LogP contribution in [-0.2, 0) is 11.2 Å². The zero-order valence-corrected chi connectivity index (χ0v) is 13.0. The van der Waals surface area contributed by atoms with Gasteiger partial charge in [-0.2, -0.15) is 0 Å². The standard InChI is InChI=1S/C19H21NO2/c1-22-18-6-7-19-14(12-18)8-9-20(19)16-4-2-13-3-5-17(21)11-15(13)10-16/h6-7,10-13H,2-5,8-9H2,1H3. The first-order chi connectivity index (χ1) is 10.7. The minimum atomic E-state index is 0.287. The number of nitrogens with zero attached hydrogens (tertiary/aromatic N) is 1. The van der Waals surface area contributed by atoms with E-state index in [0.29, 0.717) is 5.92 Å². The molecule has 1 heterocycles. The summed E-state index contributed by atoms with van der Waals surface area (Å²) in [5.74, 6) is 1.81. The molecule has 3 nitrogen and oxygen atoms in total. The summed E-state index contributed by atoms with van der Waals surface area (Å²) in [6.45, 7) is 1.03. The highest BCUT2D eigenvalue weighted by molar-refractivity contribution is 5.92. The predicted molar refractivity (Wildman–Crippen MR) is 87.2 cm³/mol. The van der Waals surface area contributed by atoms with Crippen LogP contribution in [0.25, 0.3) is 0 Å². The molecule has 0 bridgehead atoms. The van der Waals surface area contributed by atoms with Gasteiger partial charge in [-0.1, -0.05) is 0 Å². The van der Waals surface area contributed by atoms with Crippen molar-refractivity contribution in [2.75, 3.05) is 18.6 Å². The topological polar surface area (TPSA) is 29.5 Å². The molecular weight excluding hydrogens is 274 g/mol. The molecule has 0 saturated carbocycles. The molecule has 0 fully saturated rings. The molecule has 0 aromatic heterocycles. The molecule has 2 aliphatic carbocycles. The van der Waals surface area contributed by atoms with Gasteiger partial charge in [0.15, 0.2) is 5.78 Å². The van der Waals surface area contributed by atoms with Gasteiger partial charge in [-0.15, -0.1) is 0 Å². The number of carbonyl (C=O) groups excluding carboxylic acids is 1. The van der Waals surface area contributed by atoms with Crippen molar-refractivity contribution in [2.24, 2.45) is 5.92 Å². The second-order valence-corrected chi connectivity index (χ2v) is 6.42. The fourth-order valence-electron chi connectivity index (χ4n) is 3.93. The summed E-state index contributed by atoms with van der Waals surface area (Å²) in [4.78, 5) is 14.1. The molecular formula is C19H21NO2. The number of fused-ring (bicyclic) bond motifs is 2. The van der Waals surface area contributed by atoms with Gasteiger partial charge in [-0.25, -0.2) is 0 Å². The van der Waals surface area contributed by atoms with Crippen molar-refractivity contribution in [3.8, 4) is 5.75 Å². The zero-order chi connectivity index (χ0) is 15.1. The number of hydrogen-bond donors (Lipinski definition) is 0. The van der Waals surface area contributed by atoms with Gasteiger partial charge in [0.05, 0.1) is 7.11 Å². The van der Waals surface area contributed by atoms with Gasteiger partial charge in [0.25, 0.3) is 0 Å². The van der Waals surface area contributed by atoms with E-state index >= 15 is 0 Å². The van der Waals surface area contributed by atoms with Crippen LogP contribution in [0.2, 0.25) is 0 Å². The molecule has 1 aromatic carbocycles.